The number of methoxy groups -OCH3 is 2. The summed E-state index contributed by atoms with van der Waals surface area (Å²) in [6.07, 6.45) is 0. The standard InChI is InChI=1S/C23H27N5O6S2.H3P/c1-25-9-11-26(12-10-25)16-27(36(31,32)19-7-8-21(33-2)22(14-19)34-3)23-24-20(15-35-23)17-5-4-6-18(13-17)28(29)30;/h4-8,13-15H,9-12,16H2,1-3H3;1H3. The average Bonchev–Trinajstić information content (AvgIpc) is 3.37. The second-order valence-corrected chi connectivity index (χ2v) is 11.0. The SMILES string of the molecule is COc1ccc(S(=O)(=O)N(CN2CCN(C)CC2)c2nc(-c3cccc([N+](=O)[O-])c3)cs2)cc1OC.P. The lowest BCUT2D eigenvalue weighted by Gasteiger charge is -2.35. The fraction of sp³-hybridized carbons (Fsp3) is 0.348. The molecule has 200 valence electrons. The fourth-order valence-corrected chi connectivity index (χ4v) is 6.27. The predicted octanol–water partition coefficient (Wildman–Crippen LogP) is 3.19. The Labute approximate surface area is 223 Å². The third-order valence-electron chi connectivity index (χ3n) is 5.93. The predicted molar refractivity (Wildman–Crippen MR) is 148 cm³/mol. The Kier molecular flexibility index (Phi) is 9.43. The van der Waals surface area contributed by atoms with E-state index in [-0.39, 0.29) is 32.3 Å². The van der Waals surface area contributed by atoms with Crippen LogP contribution in [0.2, 0.25) is 0 Å². The number of likely N-dealkylation sites (N-methyl/N-ethyl adjacent to an activating group) is 1. The Morgan fingerprint density at radius 3 is 2.43 bits per heavy atom. The Balaban J connectivity index is 0.00000380. The van der Waals surface area contributed by atoms with E-state index >= 15 is 0 Å². The van der Waals surface area contributed by atoms with Crippen molar-refractivity contribution in [3.63, 3.8) is 0 Å². The van der Waals surface area contributed by atoms with Gasteiger partial charge in [0, 0.05) is 55.3 Å². The van der Waals surface area contributed by atoms with Gasteiger partial charge in [-0.1, -0.05) is 12.1 Å². The molecule has 1 aliphatic rings. The lowest BCUT2D eigenvalue weighted by atomic mass is 10.1. The number of anilines is 1. The number of aromatic nitrogens is 1. The lowest BCUT2D eigenvalue weighted by molar-refractivity contribution is -0.384. The van der Waals surface area contributed by atoms with Gasteiger partial charge in [-0.05, 0) is 19.2 Å². The van der Waals surface area contributed by atoms with E-state index in [9.17, 15) is 18.5 Å². The van der Waals surface area contributed by atoms with Crippen LogP contribution in [0.25, 0.3) is 11.3 Å². The summed E-state index contributed by atoms with van der Waals surface area (Å²) in [5, 5.41) is 13.2. The first kappa shape index (κ1) is 28.7. The summed E-state index contributed by atoms with van der Waals surface area (Å²) in [7, 11) is 0.926. The summed E-state index contributed by atoms with van der Waals surface area (Å²) in [5.74, 6) is 0.721. The first-order valence-corrected chi connectivity index (χ1v) is 13.4. The summed E-state index contributed by atoms with van der Waals surface area (Å²) in [4.78, 5) is 19.6. The van der Waals surface area contributed by atoms with E-state index < -0.39 is 14.9 Å². The first-order valence-electron chi connectivity index (χ1n) is 11.1. The molecule has 3 aromatic rings. The molecule has 0 bridgehead atoms. The molecule has 0 spiro atoms. The summed E-state index contributed by atoms with van der Waals surface area (Å²) in [5.41, 5.74) is 0.939. The van der Waals surface area contributed by atoms with Crippen LogP contribution >= 0.6 is 21.2 Å². The molecule has 1 fully saturated rings. The van der Waals surface area contributed by atoms with Gasteiger partial charge >= 0.3 is 0 Å². The first-order chi connectivity index (χ1) is 17.2. The van der Waals surface area contributed by atoms with Crippen molar-refractivity contribution in [2.45, 2.75) is 4.90 Å². The number of nitro groups is 1. The number of nitrogens with zero attached hydrogens (tertiary/aromatic N) is 5. The molecule has 2 heterocycles. The minimum atomic E-state index is -4.03. The highest BCUT2D eigenvalue weighted by Crippen LogP contribution is 2.35. The van der Waals surface area contributed by atoms with Crippen LogP contribution in [0.5, 0.6) is 11.5 Å². The highest BCUT2D eigenvalue weighted by Gasteiger charge is 2.31. The molecule has 37 heavy (non-hydrogen) atoms. The number of thiazole rings is 1. The number of nitro benzene ring substituents is 1. The quantitative estimate of drug-likeness (QED) is 0.218. The van der Waals surface area contributed by atoms with Crippen LogP contribution in [0.4, 0.5) is 10.8 Å². The van der Waals surface area contributed by atoms with Gasteiger partial charge in [-0.25, -0.2) is 17.7 Å². The molecule has 0 N–H and O–H groups in total. The van der Waals surface area contributed by atoms with Gasteiger partial charge in [0.05, 0.1) is 36.4 Å². The molecule has 1 atom stereocenters. The van der Waals surface area contributed by atoms with Crippen LogP contribution < -0.4 is 13.8 Å². The maximum Gasteiger partial charge on any atom is 0.270 e. The highest BCUT2D eigenvalue weighted by atomic mass is 32.2. The molecule has 1 saturated heterocycles. The van der Waals surface area contributed by atoms with Gasteiger partial charge in [-0.2, -0.15) is 9.90 Å². The minimum Gasteiger partial charge on any atom is -0.493 e. The smallest absolute Gasteiger partial charge is 0.270 e. The third kappa shape index (κ3) is 6.36. The summed E-state index contributed by atoms with van der Waals surface area (Å²) >= 11 is 1.17. The van der Waals surface area contributed by atoms with Crippen LogP contribution in [0, 0.1) is 10.1 Å². The number of benzene rings is 2. The third-order valence-corrected chi connectivity index (χ3v) is 8.62. The Bertz CT molecular complexity index is 1340. The van der Waals surface area contributed by atoms with Crippen molar-refractivity contribution in [1.82, 2.24) is 14.8 Å². The van der Waals surface area contributed by atoms with E-state index in [1.54, 1.807) is 23.6 Å². The highest BCUT2D eigenvalue weighted by molar-refractivity contribution is 7.93. The lowest BCUT2D eigenvalue weighted by Crippen LogP contribution is -2.50. The van der Waals surface area contributed by atoms with E-state index in [0.717, 1.165) is 13.1 Å². The Morgan fingerprint density at radius 2 is 1.78 bits per heavy atom. The molecular formula is C23H30N5O6PS2. The second-order valence-electron chi connectivity index (χ2n) is 8.26. The molecule has 0 saturated carbocycles. The van der Waals surface area contributed by atoms with Crippen molar-refractivity contribution >= 4 is 42.1 Å². The van der Waals surface area contributed by atoms with Gasteiger partial charge < -0.3 is 14.4 Å². The molecule has 0 aliphatic carbocycles. The number of hydrogen-bond acceptors (Lipinski definition) is 10. The summed E-state index contributed by atoms with van der Waals surface area (Å²) < 4.78 is 39.7. The number of sulfonamides is 1. The van der Waals surface area contributed by atoms with Gasteiger partial charge in [-0.15, -0.1) is 11.3 Å². The Morgan fingerprint density at radius 1 is 1.08 bits per heavy atom. The van der Waals surface area contributed by atoms with Crippen LogP contribution in [0.15, 0.2) is 52.7 Å². The average molecular weight is 568 g/mol. The van der Waals surface area contributed by atoms with E-state index in [1.807, 2.05) is 7.05 Å². The maximum atomic E-state index is 13.9. The van der Waals surface area contributed by atoms with E-state index in [1.165, 1.54) is 54.1 Å². The largest absolute Gasteiger partial charge is 0.493 e. The van der Waals surface area contributed by atoms with Crippen molar-refractivity contribution in [2.24, 2.45) is 0 Å². The molecular weight excluding hydrogens is 537 g/mol. The van der Waals surface area contributed by atoms with Gasteiger partial charge in [0.2, 0.25) is 5.13 Å². The molecule has 1 aliphatic heterocycles. The van der Waals surface area contributed by atoms with Gasteiger partial charge in [0.1, 0.15) is 0 Å². The van der Waals surface area contributed by atoms with Crippen molar-refractivity contribution in [3.05, 3.63) is 58.0 Å². The van der Waals surface area contributed by atoms with Crippen molar-refractivity contribution in [2.75, 3.05) is 58.4 Å². The second kappa shape index (κ2) is 12.1. The fourth-order valence-electron chi connectivity index (χ4n) is 3.80. The molecule has 14 heteroatoms. The zero-order valence-corrected chi connectivity index (χ0v) is 23.9. The monoisotopic (exact) mass is 567 g/mol. The number of non-ortho nitro benzene ring substituents is 1. The van der Waals surface area contributed by atoms with Crippen molar-refractivity contribution < 1.29 is 22.8 Å². The molecule has 11 nitrogen and oxygen atoms in total. The van der Waals surface area contributed by atoms with Crippen LogP contribution in [0.3, 0.4) is 0 Å². The molecule has 0 radical (unpaired) electrons. The molecule has 0 amide bonds. The number of hydrogen-bond donors (Lipinski definition) is 0. The van der Waals surface area contributed by atoms with E-state index in [0.29, 0.717) is 35.8 Å². The molecule has 1 unspecified atom stereocenters. The van der Waals surface area contributed by atoms with Crippen molar-refractivity contribution in [3.8, 4) is 22.8 Å². The topological polar surface area (TPSA) is 118 Å². The zero-order valence-electron chi connectivity index (χ0n) is 20.9. The number of ether oxygens (including phenoxy) is 2. The number of rotatable bonds is 9. The summed E-state index contributed by atoms with van der Waals surface area (Å²) in [6, 6.07) is 10.6. The van der Waals surface area contributed by atoms with Crippen LogP contribution in [-0.4, -0.2) is 82.2 Å². The van der Waals surface area contributed by atoms with E-state index in [2.05, 4.69) is 14.8 Å². The van der Waals surface area contributed by atoms with Crippen LogP contribution in [-0.2, 0) is 10.0 Å². The van der Waals surface area contributed by atoms with Gasteiger partial charge in [0.15, 0.2) is 11.5 Å². The van der Waals surface area contributed by atoms with Gasteiger partial charge in [-0.3, -0.25) is 15.0 Å². The van der Waals surface area contributed by atoms with Crippen molar-refractivity contribution in [1.29, 1.82) is 0 Å². The molecule has 4 rings (SSSR count). The minimum absolute atomic E-state index is 0. The maximum absolute atomic E-state index is 13.9. The number of piperazine rings is 1. The summed E-state index contributed by atoms with van der Waals surface area (Å²) in [6.45, 7) is 3.17. The zero-order chi connectivity index (χ0) is 25.9. The van der Waals surface area contributed by atoms with Crippen LogP contribution in [0.1, 0.15) is 0 Å². The molecule has 1 aromatic heterocycles. The Hall–Kier alpha value is -2.83. The van der Waals surface area contributed by atoms with Gasteiger partial charge in [0.25, 0.3) is 15.7 Å². The van der Waals surface area contributed by atoms with E-state index in [4.69, 9.17) is 9.47 Å². The normalized spacial score (nSPS) is 14.6. The molecule has 2 aromatic carbocycles.